The first kappa shape index (κ1) is 19.2. The molecule has 0 N–H and O–H groups in total. The molecule has 0 bridgehead atoms. The van der Waals surface area contributed by atoms with Crippen molar-refractivity contribution in [3.8, 4) is 22.6 Å². The Labute approximate surface area is 180 Å². The van der Waals surface area contributed by atoms with Gasteiger partial charge < -0.3 is 4.74 Å². The van der Waals surface area contributed by atoms with Gasteiger partial charge in [-0.2, -0.15) is 9.94 Å². The molecule has 0 unspecified atom stereocenters. The lowest BCUT2D eigenvalue weighted by Crippen LogP contribution is -2.26. The minimum atomic E-state index is -0.636. The fraction of sp³-hybridized carbons (Fsp3) is 0.182. The average Bonchev–Trinajstić information content (AvgIpc) is 3.45. The number of aromatic nitrogens is 4. The molecular weight excluding hydrogens is 417 g/mol. The molecule has 2 aromatic heterocycles. The van der Waals surface area contributed by atoms with E-state index in [1.807, 2.05) is 36.4 Å². The van der Waals surface area contributed by atoms with Crippen LogP contribution >= 0.6 is 11.3 Å². The van der Waals surface area contributed by atoms with Gasteiger partial charge in [0.05, 0.1) is 17.4 Å². The summed E-state index contributed by atoms with van der Waals surface area (Å²) in [7, 11) is 0. The molecule has 1 atom stereocenters. The molecule has 0 saturated heterocycles. The molecule has 1 aliphatic rings. The first-order valence-corrected chi connectivity index (χ1v) is 10.5. The summed E-state index contributed by atoms with van der Waals surface area (Å²) in [5.41, 5.74) is 1.59. The van der Waals surface area contributed by atoms with Crippen LogP contribution in [-0.4, -0.2) is 19.3 Å². The third-order valence-corrected chi connectivity index (χ3v) is 6.17. The second kappa shape index (κ2) is 7.49. The van der Waals surface area contributed by atoms with E-state index in [2.05, 4.69) is 10.1 Å². The number of aryl methyl sites for hydroxylation is 2. The van der Waals surface area contributed by atoms with Gasteiger partial charge in [-0.15, -0.1) is 5.10 Å². The Bertz CT molecular complexity index is 1380. The Morgan fingerprint density at radius 1 is 1.26 bits per heavy atom. The molecule has 5 rings (SSSR count). The summed E-state index contributed by atoms with van der Waals surface area (Å²) >= 11 is 1.05. The fourth-order valence-corrected chi connectivity index (χ4v) is 4.51. The molecule has 2 aromatic carbocycles. The summed E-state index contributed by atoms with van der Waals surface area (Å²) in [6.45, 7) is 1.69. The van der Waals surface area contributed by atoms with Crippen LogP contribution in [0, 0.1) is 24.1 Å². The van der Waals surface area contributed by atoms with Gasteiger partial charge in [-0.1, -0.05) is 41.7 Å². The van der Waals surface area contributed by atoms with Crippen LogP contribution in [0.3, 0.4) is 0 Å². The molecule has 3 heterocycles. The number of rotatable bonds is 4. The number of halogens is 1. The summed E-state index contributed by atoms with van der Waals surface area (Å²) in [4.78, 5) is 17.1. The van der Waals surface area contributed by atoms with Crippen molar-refractivity contribution in [1.82, 2.24) is 19.3 Å². The Balaban J connectivity index is 1.47. The van der Waals surface area contributed by atoms with Crippen molar-refractivity contribution >= 4 is 11.3 Å². The monoisotopic (exact) mass is 433 g/mol. The number of benzene rings is 2. The first-order valence-electron chi connectivity index (χ1n) is 9.66. The van der Waals surface area contributed by atoms with Crippen molar-refractivity contribution < 1.29 is 9.13 Å². The number of nitrogens with zero attached hydrogens (tertiary/aromatic N) is 5. The lowest BCUT2D eigenvalue weighted by atomic mass is 10.1. The highest BCUT2D eigenvalue weighted by Gasteiger charge is 2.29. The molecule has 4 aromatic rings. The van der Waals surface area contributed by atoms with Gasteiger partial charge in [0.1, 0.15) is 11.9 Å². The average molecular weight is 433 g/mol. The third kappa shape index (κ3) is 3.31. The highest BCUT2D eigenvalue weighted by Crippen LogP contribution is 2.33. The van der Waals surface area contributed by atoms with Gasteiger partial charge in [0.25, 0.3) is 0 Å². The first-order chi connectivity index (χ1) is 15.0. The van der Waals surface area contributed by atoms with Crippen LogP contribution in [0.1, 0.15) is 34.6 Å². The topological polar surface area (TPSA) is 85.7 Å². The van der Waals surface area contributed by atoms with Crippen LogP contribution in [0.5, 0.6) is 10.8 Å². The second-order valence-electron chi connectivity index (χ2n) is 7.17. The predicted octanol–water partition coefficient (Wildman–Crippen LogP) is 4.14. The molecule has 0 aliphatic carbocycles. The van der Waals surface area contributed by atoms with Gasteiger partial charge in [0, 0.05) is 12.5 Å². The van der Waals surface area contributed by atoms with E-state index in [-0.39, 0.29) is 22.5 Å². The summed E-state index contributed by atoms with van der Waals surface area (Å²) in [5, 5.41) is 14.0. The Hall–Kier alpha value is -3.77. The van der Waals surface area contributed by atoms with Crippen molar-refractivity contribution in [2.24, 2.45) is 0 Å². The van der Waals surface area contributed by atoms with E-state index in [1.165, 1.54) is 16.8 Å². The maximum atomic E-state index is 14.8. The minimum absolute atomic E-state index is 0.0121. The summed E-state index contributed by atoms with van der Waals surface area (Å²) in [5.74, 6) is 0.0364. The lowest BCUT2D eigenvalue weighted by Gasteiger charge is -2.12. The van der Waals surface area contributed by atoms with Crippen molar-refractivity contribution in [3.05, 3.63) is 86.9 Å². The molecule has 0 radical (unpaired) electrons. The normalized spacial score (nSPS) is 14.9. The summed E-state index contributed by atoms with van der Waals surface area (Å²) in [6, 6.07) is 15.9. The second-order valence-corrected chi connectivity index (χ2v) is 8.13. The highest BCUT2D eigenvalue weighted by molar-refractivity contribution is 7.14. The Morgan fingerprint density at radius 3 is 2.77 bits per heavy atom. The molecule has 31 heavy (non-hydrogen) atoms. The van der Waals surface area contributed by atoms with E-state index in [9.17, 15) is 9.18 Å². The standard InChI is InChI=1S/C22H16FN5O2S/c1-13-21(31-20(12-24)25-13)30-18-9-7-15(11-16(18)23)28-22(29)27-17(8-10-19(27)26-28)14-5-3-2-4-6-14/h2-7,9,11,17H,8,10H2,1H3/t17-/m0/s1. The van der Waals surface area contributed by atoms with Crippen molar-refractivity contribution in [2.45, 2.75) is 25.8 Å². The van der Waals surface area contributed by atoms with E-state index in [4.69, 9.17) is 10.00 Å². The van der Waals surface area contributed by atoms with Crippen LogP contribution in [-0.2, 0) is 6.42 Å². The van der Waals surface area contributed by atoms with Crippen molar-refractivity contribution in [2.75, 3.05) is 0 Å². The number of hydrogen-bond acceptors (Lipinski definition) is 6. The van der Waals surface area contributed by atoms with E-state index >= 15 is 0 Å². The number of thiazole rings is 1. The van der Waals surface area contributed by atoms with Gasteiger partial charge in [-0.25, -0.2) is 14.2 Å². The number of fused-ring (bicyclic) bond motifs is 1. The fourth-order valence-electron chi connectivity index (χ4n) is 3.79. The van der Waals surface area contributed by atoms with Crippen LogP contribution < -0.4 is 10.4 Å². The molecule has 0 amide bonds. The summed E-state index contributed by atoms with van der Waals surface area (Å²) < 4.78 is 23.3. The largest absolute Gasteiger partial charge is 0.442 e. The molecule has 0 fully saturated rings. The van der Waals surface area contributed by atoms with E-state index < -0.39 is 5.82 Å². The molecule has 154 valence electrons. The van der Waals surface area contributed by atoms with Gasteiger partial charge in [0.2, 0.25) is 5.06 Å². The van der Waals surface area contributed by atoms with Crippen LogP contribution in [0.2, 0.25) is 0 Å². The summed E-state index contributed by atoms with van der Waals surface area (Å²) in [6.07, 6.45) is 1.49. The van der Waals surface area contributed by atoms with E-state index in [1.54, 1.807) is 17.6 Å². The van der Waals surface area contributed by atoms with Crippen LogP contribution in [0.4, 0.5) is 4.39 Å². The molecule has 0 spiro atoms. The molecule has 0 saturated carbocycles. The van der Waals surface area contributed by atoms with E-state index in [0.29, 0.717) is 28.7 Å². The van der Waals surface area contributed by atoms with Gasteiger partial charge in [0.15, 0.2) is 16.6 Å². The number of ether oxygens (including phenoxy) is 1. The molecule has 1 aliphatic heterocycles. The number of hydrogen-bond donors (Lipinski definition) is 0. The minimum Gasteiger partial charge on any atom is -0.442 e. The van der Waals surface area contributed by atoms with Crippen LogP contribution in [0.15, 0.2) is 53.3 Å². The predicted molar refractivity (Wildman–Crippen MR) is 112 cm³/mol. The Kier molecular flexibility index (Phi) is 4.64. The maximum absolute atomic E-state index is 14.8. The highest BCUT2D eigenvalue weighted by atomic mass is 32.1. The lowest BCUT2D eigenvalue weighted by molar-refractivity contribution is 0.448. The zero-order valence-electron chi connectivity index (χ0n) is 16.4. The molecular formula is C22H16FN5O2S. The van der Waals surface area contributed by atoms with E-state index in [0.717, 1.165) is 23.3 Å². The molecule has 7 nitrogen and oxygen atoms in total. The van der Waals surface area contributed by atoms with Gasteiger partial charge in [-0.05, 0) is 31.0 Å². The van der Waals surface area contributed by atoms with Gasteiger partial charge in [-0.3, -0.25) is 4.57 Å². The third-order valence-electron chi connectivity index (χ3n) is 5.23. The van der Waals surface area contributed by atoms with Gasteiger partial charge >= 0.3 is 5.69 Å². The zero-order valence-corrected chi connectivity index (χ0v) is 17.3. The SMILES string of the molecule is Cc1nc(C#N)sc1Oc1ccc(-n2nc3n(c2=O)[C@H](c2ccccc2)CC3)cc1F. The quantitative estimate of drug-likeness (QED) is 0.483. The number of nitriles is 1. The van der Waals surface area contributed by atoms with Crippen molar-refractivity contribution in [3.63, 3.8) is 0 Å². The zero-order chi connectivity index (χ0) is 21.5. The smallest absolute Gasteiger partial charge is 0.351 e. The van der Waals surface area contributed by atoms with Crippen LogP contribution in [0.25, 0.3) is 5.69 Å². The van der Waals surface area contributed by atoms with Crippen molar-refractivity contribution in [1.29, 1.82) is 5.26 Å². The molecule has 9 heteroatoms. The Morgan fingerprint density at radius 2 is 2.06 bits per heavy atom. The maximum Gasteiger partial charge on any atom is 0.351 e.